The minimum absolute atomic E-state index is 0.0816. The Morgan fingerprint density at radius 3 is 2.82 bits per heavy atom. The van der Waals surface area contributed by atoms with E-state index < -0.39 is 5.97 Å². The van der Waals surface area contributed by atoms with Crippen LogP contribution in [0.2, 0.25) is 10.0 Å². The van der Waals surface area contributed by atoms with Crippen molar-refractivity contribution in [3.8, 4) is 0 Å². The first-order valence-electron chi connectivity index (χ1n) is 10.6. The van der Waals surface area contributed by atoms with E-state index in [1.807, 2.05) is 30.3 Å². The van der Waals surface area contributed by atoms with Crippen molar-refractivity contribution < 1.29 is 14.7 Å². The summed E-state index contributed by atoms with van der Waals surface area (Å²) in [5.41, 5.74) is 2.68. The number of carbonyl (C=O) groups is 2. The van der Waals surface area contributed by atoms with Gasteiger partial charge in [-0.2, -0.15) is 11.8 Å². The number of halogens is 2. The minimum atomic E-state index is -0.814. The van der Waals surface area contributed by atoms with Crippen LogP contribution in [0.1, 0.15) is 24.2 Å². The number of benzene rings is 2. The quantitative estimate of drug-likeness (QED) is 0.399. The molecule has 174 valence electrons. The van der Waals surface area contributed by atoms with E-state index in [0.29, 0.717) is 47.7 Å². The Morgan fingerprint density at radius 2 is 2.06 bits per heavy atom. The Kier molecular flexibility index (Phi) is 7.80. The Morgan fingerprint density at radius 1 is 1.24 bits per heavy atom. The lowest BCUT2D eigenvalue weighted by Gasteiger charge is -2.24. The molecule has 1 amide bonds. The number of aromatic nitrogens is 2. The fraction of sp³-hybridized carbons (Fsp3) is 0.348. The average Bonchev–Trinajstić information content (AvgIpc) is 3.37. The largest absolute Gasteiger partial charge is 0.481 e. The molecular weight excluding hydrogens is 483 g/mol. The molecular formula is C23H24Cl2N4O3S. The number of thioether (sulfide) groups is 1. The maximum Gasteiger partial charge on any atom is 0.304 e. The molecule has 0 saturated carbocycles. The van der Waals surface area contributed by atoms with Crippen LogP contribution in [-0.4, -0.2) is 55.4 Å². The average molecular weight is 507 g/mol. The number of imidazole rings is 1. The molecule has 0 radical (unpaired) electrons. The Hall–Kier alpha value is -2.26. The maximum atomic E-state index is 13.1. The van der Waals surface area contributed by atoms with Crippen molar-refractivity contribution in [2.75, 3.05) is 12.3 Å². The second-order valence-electron chi connectivity index (χ2n) is 7.97. The van der Waals surface area contributed by atoms with Gasteiger partial charge in [0, 0.05) is 34.1 Å². The second-order valence-corrected chi connectivity index (χ2v) is 10.2. The Bertz CT molecular complexity index is 1120. The molecule has 4 rings (SSSR count). The van der Waals surface area contributed by atoms with Gasteiger partial charge in [-0.1, -0.05) is 41.4 Å². The summed E-state index contributed by atoms with van der Waals surface area (Å²) < 4.78 is 0. The standard InChI is InChI=1S/C23H24Cl2N4O3S/c24-15-6-5-14(17(25)9-15)12-29-13-16(33-8-7-22(30)31)10-20(29)23(32)26-11-21-27-18-3-1-2-4-19(18)28-21/h1-6,9,16,20H,7-8,10-13H2,(H,26,32)(H,27,28)(H,30,31). The van der Waals surface area contributed by atoms with Crippen LogP contribution in [-0.2, 0) is 22.7 Å². The van der Waals surface area contributed by atoms with Crippen LogP contribution in [0.15, 0.2) is 42.5 Å². The summed E-state index contributed by atoms with van der Waals surface area (Å²) in [7, 11) is 0. The topological polar surface area (TPSA) is 98.3 Å². The molecule has 0 aliphatic carbocycles. The van der Waals surface area contributed by atoms with Gasteiger partial charge in [0.2, 0.25) is 5.91 Å². The normalized spacial score (nSPS) is 18.6. The summed E-state index contributed by atoms with van der Waals surface area (Å²) in [6, 6.07) is 12.7. The molecule has 33 heavy (non-hydrogen) atoms. The van der Waals surface area contributed by atoms with Gasteiger partial charge in [-0.25, -0.2) is 4.98 Å². The molecule has 2 aromatic carbocycles. The molecule has 3 aromatic rings. The number of H-pyrrole nitrogens is 1. The van der Waals surface area contributed by atoms with Crippen LogP contribution in [0, 0.1) is 0 Å². The smallest absolute Gasteiger partial charge is 0.304 e. The Balaban J connectivity index is 1.43. The van der Waals surface area contributed by atoms with Crippen molar-refractivity contribution in [2.45, 2.75) is 37.2 Å². The third-order valence-corrected chi connectivity index (χ3v) is 7.43. The number of fused-ring (bicyclic) bond motifs is 1. The third kappa shape index (κ3) is 6.20. The van der Waals surface area contributed by atoms with Gasteiger partial charge in [-0.3, -0.25) is 14.5 Å². The maximum absolute atomic E-state index is 13.1. The van der Waals surface area contributed by atoms with E-state index in [2.05, 4.69) is 20.2 Å². The number of hydrogen-bond donors (Lipinski definition) is 3. The predicted octanol–water partition coefficient (Wildman–Crippen LogP) is 4.34. The number of likely N-dealkylation sites (tertiary alicyclic amines) is 1. The van der Waals surface area contributed by atoms with Gasteiger partial charge in [0.15, 0.2) is 0 Å². The highest BCUT2D eigenvalue weighted by molar-refractivity contribution is 7.99. The van der Waals surface area contributed by atoms with E-state index in [4.69, 9.17) is 28.3 Å². The second kappa shape index (κ2) is 10.8. The molecule has 2 atom stereocenters. The molecule has 1 aliphatic rings. The number of hydrogen-bond acceptors (Lipinski definition) is 5. The molecule has 1 aliphatic heterocycles. The first kappa shape index (κ1) is 23.9. The van der Waals surface area contributed by atoms with Crippen LogP contribution in [0.3, 0.4) is 0 Å². The zero-order chi connectivity index (χ0) is 23.4. The van der Waals surface area contributed by atoms with E-state index in [0.717, 1.165) is 16.6 Å². The highest BCUT2D eigenvalue weighted by Crippen LogP contribution is 2.31. The van der Waals surface area contributed by atoms with Crippen LogP contribution in [0.4, 0.5) is 0 Å². The molecule has 1 fully saturated rings. The molecule has 1 saturated heterocycles. The molecule has 3 N–H and O–H groups in total. The summed E-state index contributed by atoms with van der Waals surface area (Å²) in [4.78, 5) is 33.9. The molecule has 2 heterocycles. The van der Waals surface area contributed by atoms with E-state index in [1.165, 1.54) is 0 Å². The molecule has 10 heteroatoms. The number of rotatable bonds is 9. The number of nitrogens with one attached hydrogen (secondary N) is 2. The lowest BCUT2D eigenvalue weighted by molar-refractivity contribution is -0.136. The molecule has 7 nitrogen and oxygen atoms in total. The molecule has 2 unspecified atom stereocenters. The first-order valence-corrected chi connectivity index (χ1v) is 12.4. The SMILES string of the molecule is O=C(O)CCSC1CC(C(=O)NCc2nc3ccccc3[nH]2)N(Cc2ccc(Cl)cc2Cl)C1. The van der Waals surface area contributed by atoms with Crippen LogP contribution < -0.4 is 5.32 Å². The van der Waals surface area contributed by atoms with E-state index in [-0.39, 0.29) is 23.6 Å². The van der Waals surface area contributed by atoms with Crippen molar-refractivity contribution in [1.29, 1.82) is 0 Å². The highest BCUT2D eigenvalue weighted by Gasteiger charge is 2.37. The lowest BCUT2D eigenvalue weighted by atomic mass is 10.1. The summed E-state index contributed by atoms with van der Waals surface area (Å²) in [6.45, 7) is 1.48. The van der Waals surface area contributed by atoms with Crippen molar-refractivity contribution in [2.24, 2.45) is 0 Å². The van der Waals surface area contributed by atoms with Crippen LogP contribution in [0.5, 0.6) is 0 Å². The first-order chi connectivity index (χ1) is 15.9. The number of aliphatic carboxylic acids is 1. The van der Waals surface area contributed by atoms with Gasteiger partial charge in [-0.15, -0.1) is 0 Å². The number of carboxylic acid groups (broad SMARTS) is 1. The number of carboxylic acids is 1. The summed E-state index contributed by atoms with van der Waals surface area (Å²) in [6.07, 6.45) is 0.745. The fourth-order valence-electron chi connectivity index (χ4n) is 3.99. The summed E-state index contributed by atoms with van der Waals surface area (Å²) in [5, 5.41) is 13.2. The van der Waals surface area contributed by atoms with Gasteiger partial charge in [0.25, 0.3) is 0 Å². The highest BCUT2D eigenvalue weighted by atomic mass is 35.5. The molecule has 0 spiro atoms. The van der Waals surface area contributed by atoms with Gasteiger partial charge in [0.1, 0.15) is 5.82 Å². The van der Waals surface area contributed by atoms with E-state index >= 15 is 0 Å². The van der Waals surface area contributed by atoms with Gasteiger partial charge < -0.3 is 15.4 Å². The van der Waals surface area contributed by atoms with Gasteiger partial charge >= 0.3 is 5.97 Å². The van der Waals surface area contributed by atoms with Gasteiger partial charge in [-0.05, 0) is 36.2 Å². The molecule has 0 bridgehead atoms. The number of carbonyl (C=O) groups excluding carboxylic acids is 1. The predicted molar refractivity (Wildman–Crippen MR) is 132 cm³/mol. The number of para-hydroxylation sites is 2. The summed E-state index contributed by atoms with van der Waals surface area (Å²) >= 11 is 14.0. The zero-order valence-corrected chi connectivity index (χ0v) is 20.1. The van der Waals surface area contributed by atoms with Gasteiger partial charge in [0.05, 0.1) is 30.0 Å². The van der Waals surface area contributed by atoms with E-state index in [1.54, 1.807) is 23.9 Å². The minimum Gasteiger partial charge on any atom is -0.481 e. The van der Waals surface area contributed by atoms with E-state index in [9.17, 15) is 9.59 Å². The molecule has 1 aromatic heterocycles. The summed E-state index contributed by atoms with van der Waals surface area (Å²) in [5.74, 6) is 0.317. The number of nitrogens with zero attached hydrogens (tertiary/aromatic N) is 2. The number of amides is 1. The van der Waals surface area contributed by atoms with Crippen molar-refractivity contribution in [1.82, 2.24) is 20.2 Å². The van der Waals surface area contributed by atoms with Crippen LogP contribution >= 0.6 is 35.0 Å². The monoisotopic (exact) mass is 506 g/mol. The lowest BCUT2D eigenvalue weighted by Crippen LogP contribution is -2.42. The van der Waals surface area contributed by atoms with Crippen molar-refractivity contribution in [3.05, 3.63) is 63.9 Å². The van der Waals surface area contributed by atoms with Crippen LogP contribution in [0.25, 0.3) is 11.0 Å². The zero-order valence-electron chi connectivity index (χ0n) is 17.8. The number of aromatic amines is 1. The van der Waals surface area contributed by atoms with Crippen molar-refractivity contribution >= 4 is 57.9 Å². The third-order valence-electron chi connectivity index (χ3n) is 5.59. The fourth-order valence-corrected chi connectivity index (χ4v) is 5.70. The Labute approximate surface area is 205 Å². The van der Waals surface area contributed by atoms with Crippen molar-refractivity contribution in [3.63, 3.8) is 0 Å².